The van der Waals surface area contributed by atoms with E-state index in [1.54, 1.807) is 25.1 Å². The Morgan fingerprint density at radius 2 is 2.14 bits per heavy atom. The molecule has 2 aromatic rings. The zero-order valence-corrected chi connectivity index (χ0v) is 12.5. The smallest absolute Gasteiger partial charge is 0.330 e. The maximum absolute atomic E-state index is 12.0. The molecule has 0 saturated carbocycles. The first-order valence-corrected chi connectivity index (χ1v) is 6.92. The maximum Gasteiger partial charge on any atom is 0.330 e. The average Bonchev–Trinajstić information content (AvgIpc) is 2.88. The number of hydrogen-bond donors (Lipinski definition) is 3. The zero-order valence-electron chi connectivity index (χ0n) is 12.5. The molecule has 0 saturated heterocycles. The third kappa shape index (κ3) is 4.15. The van der Waals surface area contributed by atoms with Gasteiger partial charge < -0.3 is 10.4 Å². The summed E-state index contributed by atoms with van der Waals surface area (Å²) in [6.45, 7) is 3.64. The van der Waals surface area contributed by atoms with Crippen molar-refractivity contribution in [3.05, 3.63) is 47.0 Å². The summed E-state index contributed by atoms with van der Waals surface area (Å²) in [6.07, 6.45) is 0.489. The number of carbonyl (C=O) groups excluding carboxylic acids is 1. The summed E-state index contributed by atoms with van der Waals surface area (Å²) in [4.78, 5) is 27.4. The Labute approximate surface area is 127 Å². The molecule has 1 heterocycles. The maximum atomic E-state index is 12.0. The lowest BCUT2D eigenvalue weighted by Gasteiger charge is -2.15. The number of aryl methyl sites for hydroxylation is 3. The highest BCUT2D eigenvalue weighted by Crippen LogP contribution is 2.15. The summed E-state index contributed by atoms with van der Waals surface area (Å²) in [5.41, 5.74) is 1.49. The fraction of sp³-hybridized carbons (Fsp3) is 0.333. The number of aliphatic carboxylic acids is 1. The Morgan fingerprint density at radius 1 is 1.36 bits per heavy atom. The van der Waals surface area contributed by atoms with E-state index in [1.165, 1.54) is 0 Å². The first kappa shape index (κ1) is 15.7. The molecule has 1 aromatic carbocycles. The normalized spacial score (nSPS) is 11.9. The molecule has 0 radical (unpaired) electrons. The minimum atomic E-state index is -1.09. The summed E-state index contributed by atoms with van der Waals surface area (Å²) in [5, 5.41) is 18.5. The number of aromatic nitrogens is 3. The fourth-order valence-electron chi connectivity index (χ4n) is 2.10. The van der Waals surface area contributed by atoms with Crippen LogP contribution in [0, 0.1) is 13.8 Å². The van der Waals surface area contributed by atoms with Gasteiger partial charge >= 0.3 is 5.97 Å². The van der Waals surface area contributed by atoms with Crippen LogP contribution in [0.1, 0.15) is 35.2 Å². The summed E-state index contributed by atoms with van der Waals surface area (Å²) in [7, 11) is 0. The second-order valence-electron chi connectivity index (χ2n) is 5.09. The summed E-state index contributed by atoms with van der Waals surface area (Å²) < 4.78 is 0. The highest BCUT2D eigenvalue weighted by Gasteiger charge is 2.22. The third-order valence-corrected chi connectivity index (χ3v) is 3.15. The Balaban J connectivity index is 1.98. The predicted octanol–water partition coefficient (Wildman–Crippen LogP) is 1.30. The van der Waals surface area contributed by atoms with Crippen LogP contribution >= 0.6 is 0 Å². The molecule has 7 nitrogen and oxygen atoms in total. The van der Waals surface area contributed by atoms with E-state index >= 15 is 0 Å². The number of amides is 1. The van der Waals surface area contributed by atoms with E-state index in [0.717, 1.165) is 5.56 Å². The van der Waals surface area contributed by atoms with Gasteiger partial charge in [0.15, 0.2) is 11.9 Å². The van der Waals surface area contributed by atoms with E-state index in [9.17, 15) is 14.7 Å². The van der Waals surface area contributed by atoms with Crippen LogP contribution in [-0.4, -0.2) is 32.2 Å². The Hall–Kier alpha value is -2.70. The van der Waals surface area contributed by atoms with Crippen LogP contribution in [0.25, 0.3) is 0 Å². The first-order chi connectivity index (χ1) is 10.5. The van der Waals surface area contributed by atoms with E-state index in [-0.39, 0.29) is 12.3 Å². The molecular formula is C15H18N4O3. The van der Waals surface area contributed by atoms with E-state index in [4.69, 9.17) is 0 Å². The van der Waals surface area contributed by atoms with Gasteiger partial charge in [-0.1, -0.05) is 29.8 Å². The molecule has 116 valence electrons. The molecule has 3 N–H and O–H groups in total. The van der Waals surface area contributed by atoms with Crippen LogP contribution in [0.15, 0.2) is 24.3 Å². The number of H-pyrrole nitrogens is 1. The van der Waals surface area contributed by atoms with Gasteiger partial charge in [0.1, 0.15) is 5.82 Å². The second-order valence-corrected chi connectivity index (χ2v) is 5.09. The summed E-state index contributed by atoms with van der Waals surface area (Å²) in [5.74, 6) is -0.224. The van der Waals surface area contributed by atoms with Crippen LogP contribution in [-0.2, 0) is 16.0 Å². The van der Waals surface area contributed by atoms with Crippen LogP contribution < -0.4 is 5.32 Å². The number of carbonyl (C=O) groups is 2. The quantitative estimate of drug-likeness (QED) is 0.745. The van der Waals surface area contributed by atoms with Crippen LogP contribution in [0.4, 0.5) is 0 Å². The Bertz CT molecular complexity index is 681. The van der Waals surface area contributed by atoms with Crippen molar-refractivity contribution >= 4 is 11.9 Å². The number of nitrogens with one attached hydrogen (secondary N) is 2. The number of aromatic amines is 1. The largest absolute Gasteiger partial charge is 0.479 e. The molecule has 0 aliphatic heterocycles. The van der Waals surface area contributed by atoms with Gasteiger partial charge in [-0.25, -0.2) is 9.78 Å². The van der Waals surface area contributed by atoms with Gasteiger partial charge in [0.05, 0.1) is 0 Å². The lowest BCUT2D eigenvalue weighted by molar-refractivity contribution is -0.142. The van der Waals surface area contributed by atoms with Crippen LogP contribution in [0.5, 0.6) is 0 Å². The first-order valence-electron chi connectivity index (χ1n) is 6.92. The molecule has 0 bridgehead atoms. The van der Waals surface area contributed by atoms with Crippen molar-refractivity contribution in [2.75, 3.05) is 0 Å². The second kappa shape index (κ2) is 6.84. The van der Waals surface area contributed by atoms with Gasteiger partial charge in [0.25, 0.3) is 0 Å². The van der Waals surface area contributed by atoms with E-state index < -0.39 is 12.0 Å². The number of rotatable bonds is 6. The van der Waals surface area contributed by atoms with Gasteiger partial charge in [-0.15, -0.1) is 0 Å². The van der Waals surface area contributed by atoms with Gasteiger partial charge in [0.2, 0.25) is 5.91 Å². The van der Waals surface area contributed by atoms with Crippen molar-refractivity contribution < 1.29 is 14.7 Å². The van der Waals surface area contributed by atoms with Gasteiger partial charge in [-0.05, 0) is 19.4 Å². The molecule has 2 rings (SSSR count). The number of hydrogen-bond acceptors (Lipinski definition) is 4. The Kier molecular flexibility index (Phi) is 4.88. The zero-order chi connectivity index (χ0) is 16.1. The minimum absolute atomic E-state index is 0.132. The van der Waals surface area contributed by atoms with Crippen molar-refractivity contribution in [1.82, 2.24) is 20.5 Å². The molecule has 1 atom stereocenters. The van der Waals surface area contributed by atoms with Gasteiger partial charge in [-0.2, -0.15) is 5.10 Å². The fourth-order valence-corrected chi connectivity index (χ4v) is 2.10. The standard InChI is InChI=1S/C15H18N4O3/c1-9-4-3-5-11(8-9)14(15(21)22)17-13(20)7-6-12-16-10(2)18-19-12/h3-5,8,14H,6-7H2,1-2H3,(H,17,20)(H,21,22)(H,16,18,19)/t14-/m0/s1. The molecule has 0 spiro atoms. The van der Waals surface area contributed by atoms with Crippen molar-refractivity contribution in [2.45, 2.75) is 32.7 Å². The lowest BCUT2D eigenvalue weighted by Crippen LogP contribution is -2.34. The molecule has 0 aliphatic rings. The van der Waals surface area contributed by atoms with Gasteiger partial charge in [0, 0.05) is 12.8 Å². The monoisotopic (exact) mass is 302 g/mol. The minimum Gasteiger partial charge on any atom is -0.479 e. The van der Waals surface area contributed by atoms with E-state index in [2.05, 4.69) is 20.5 Å². The van der Waals surface area contributed by atoms with Crippen LogP contribution in [0.2, 0.25) is 0 Å². The number of carboxylic acids is 1. The lowest BCUT2D eigenvalue weighted by atomic mass is 10.0. The van der Waals surface area contributed by atoms with E-state index in [1.807, 2.05) is 13.0 Å². The topological polar surface area (TPSA) is 108 Å². The molecule has 0 fully saturated rings. The molecule has 0 unspecified atom stereocenters. The number of nitrogens with zero attached hydrogens (tertiary/aromatic N) is 2. The molecular weight excluding hydrogens is 284 g/mol. The average molecular weight is 302 g/mol. The molecule has 0 aliphatic carbocycles. The van der Waals surface area contributed by atoms with Gasteiger partial charge in [-0.3, -0.25) is 9.89 Å². The highest BCUT2D eigenvalue weighted by atomic mass is 16.4. The van der Waals surface area contributed by atoms with Crippen molar-refractivity contribution in [3.63, 3.8) is 0 Å². The molecule has 1 amide bonds. The number of carboxylic acid groups (broad SMARTS) is 1. The third-order valence-electron chi connectivity index (χ3n) is 3.15. The predicted molar refractivity (Wildman–Crippen MR) is 79.1 cm³/mol. The molecule has 7 heteroatoms. The van der Waals surface area contributed by atoms with Crippen molar-refractivity contribution in [2.24, 2.45) is 0 Å². The summed E-state index contributed by atoms with van der Waals surface area (Å²) in [6, 6.07) is 6.02. The highest BCUT2D eigenvalue weighted by molar-refractivity contribution is 5.84. The van der Waals surface area contributed by atoms with Crippen molar-refractivity contribution in [1.29, 1.82) is 0 Å². The van der Waals surface area contributed by atoms with E-state index in [0.29, 0.717) is 23.6 Å². The van der Waals surface area contributed by atoms with Crippen LogP contribution in [0.3, 0.4) is 0 Å². The Morgan fingerprint density at radius 3 is 2.73 bits per heavy atom. The molecule has 1 aromatic heterocycles. The SMILES string of the molecule is Cc1cccc([C@H](NC(=O)CCc2n[nH]c(C)n2)C(=O)O)c1. The summed E-state index contributed by atoms with van der Waals surface area (Å²) >= 11 is 0. The number of benzene rings is 1. The molecule has 22 heavy (non-hydrogen) atoms. The van der Waals surface area contributed by atoms with Crippen molar-refractivity contribution in [3.8, 4) is 0 Å².